The fraction of sp³-hybridized carbons (Fsp3) is 0.323. The van der Waals surface area contributed by atoms with Gasteiger partial charge in [-0.15, -0.1) is 0 Å². The predicted octanol–water partition coefficient (Wildman–Crippen LogP) is 4.11. The largest absolute Gasteiger partial charge is 0.507 e. The minimum Gasteiger partial charge on any atom is -0.507 e. The van der Waals surface area contributed by atoms with Gasteiger partial charge in [0.25, 0.3) is 11.7 Å². The smallest absolute Gasteiger partial charge is 0.295 e. The van der Waals surface area contributed by atoms with Gasteiger partial charge in [-0.3, -0.25) is 19.5 Å². The summed E-state index contributed by atoms with van der Waals surface area (Å²) < 4.78 is 11.4. The highest BCUT2D eigenvalue weighted by Gasteiger charge is 2.45. The molecule has 0 bridgehead atoms. The van der Waals surface area contributed by atoms with Gasteiger partial charge < -0.3 is 19.5 Å². The number of nitrogens with zero attached hydrogens (tertiary/aromatic N) is 3. The van der Waals surface area contributed by atoms with Crippen molar-refractivity contribution in [1.82, 2.24) is 14.8 Å². The quantitative estimate of drug-likeness (QED) is 0.254. The highest BCUT2D eigenvalue weighted by Crippen LogP contribution is 2.39. The van der Waals surface area contributed by atoms with E-state index in [1.165, 1.54) is 0 Å². The molecule has 0 spiro atoms. The number of hydrogen-bond acceptors (Lipinski definition) is 7. The number of aromatic nitrogens is 1. The molecule has 2 aliphatic rings. The van der Waals surface area contributed by atoms with Gasteiger partial charge in [-0.25, -0.2) is 0 Å². The van der Waals surface area contributed by atoms with E-state index in [0.29, 0.717) is 44.1 Å². The Morgan fingerprint density at radius 2 is 1.77 bits per heavy atom. The molecule has 8 nitrogen and oxygen atoms in total. The van der Waals surface area contributed by atoms with Crippen molar-refractivity contribution in [1.29, 1.82) is 0 Å². The van der Waals surface area contributed by atoms with Gasteiger partial charge in [-0.2, -0.15) is 0 Å². The lowest BCUT2D eigenvalue weighted by atomic mass is 9.95. The van der Waals surface area contributed by atoms with E-state index in [9.17, 15) is 14.7 Å². The van der Waals surface area contributed by atoms with Crippen LogP contribution in [0.1, 0.15) is 34.7 Å². The van der Waals surface area contributed by atoms with Gasteiger partial charge in [0.15, 0.2) is 0 Å². The number of aryl methyl sites for hydroxylation is 1. The number of pyridine rings is 1. The minimum atomic E-state index is -0.688. The zero-order valence-corrected chi connectivity index (χ0v) is 22.1. The number of Topliss-reactive ketones (excluding diaryl/α,β-unsaturated/α-hetero) is 1. The Bertz CT molecular complexity index is 1340. The molecule has 5 rings (SSSR count). The van der Waals surface area contributed by atoms with Crippen LogP contribution < -0.4 is 4.74 Å². The molecule has 0 unspecified atom stereocenters. The average Bonchev–Trinajstić information content (AvgIpc) is 3.23. The topological polar surface area (TPSA) is 92.2 Å². The number of aliphatic hydroxyl groups excluding tert-OH is 1. The fourth-order valence-electron chi connectivity index (χ4n) is 5.14. The molecule has 8 heteroatoms. The first-order valence-electron chi connectivity index (χ1n) is 13.3. The maximum Gasteiger partial charge on any atom is 0.295 e. The Morgan fingerprint density at radius 3 is 2.49 bits per heavy atom. The van der Waals surface area contributed by atoms with E-state index in [1.54, 1.807) is 47.6 Å². The molecule has 1 amide bonds. The number of rotatable bonds is 9. The van der Waals surface area contributed by atoms with Crippen molar-refractivity contribution in [2.24, 2.45) is 0 Å². The third-order valence-corrected chi connectivity index (χ3v) is 7.22. The van der Waals surface area contributed by atoms with E-state index in [1.807, 2.05) is 37.3 Å². The second kappa shape index (κ2) is 12.2. The van der Waals surface area contributed by atoms with E-state index in [0.717, 1.165) is 36.3 Å². The second-order valence-electron chi connectivity index (χ2n) is 9.84. The third-order valence-electron chi connectivity index (χ3n) is 7.22. The van der Waals surface area contributed by atoms with Gasteiger partial charge in [0, 0.05) is 44.1 Å². The van der Waals surface area contributed by atoms with Crippen LogP contribution in [0.3, 0.4) is 0 Å². The summed E-state index contributed by atoms with van der Waals surface area (Å²) in [5.41, 5.74) is 3.15. The number of morpholine rings is 1. The maximum atomic E-state index is 13.3. The van der Waals surface area contributed by atoms with E-state index >= 15 is 0 Å². The molecule has 3 aromatic rings. The van der Waals surface area contributed by atoms with Crippen LogP contribution in [-0.4, -0.2) is 71.0 Å². The molecule has 2 fully saturated rings. The predicted molar refractivity (Wildman–Crippen MR) is 147 cm³/mol. The van der Waals surface area contributed by atoms with E-state index in [4.69, 9.17) is 9.47 Å². The van der Waals surface area contributed by atoms with Gasteiger partial charge in [0.05, 0.1) is 24.8 Å². The summed E-state index contributed by atoms with van der Waals surface area (Å²) in [5, 5.41) is 11.4. The normalized spacial score (nSPS) is 19.4. The second-order valence-corrected chi connectivity index (χ2v) is 9.84. The lowest BCUT2D eigenvalue weighted by Crippen LogP contribution is -2.38. The van der Waals surface area contributed by atoms with Crippen LogP contribution in [0, 0.1) is 6.92 Å². The number of ether oxygens (including phenoxy) is 2. The molecule has 1 aromatic heterocycles. The fourth-order valence-corrected chi connectivity index (χ4v) is 5.14. The zero-order chi connectivity index (χ0) is 27.2. The molecule has 202 valence electrons. The first-order valence-corrected chi connectivity index (χ1v) is 13.3. The number of benzene rings is 2. The van der Waals surface area contributed by atoms with Gasteiger partial charge in [-0.1, -0.05) is 30.3 Å². The average molecular weight is 528 g/mol. The summed E-state index contributed by atoms with van der Waals surface area (Å²) in [7, 11) is 0. The number of hydrogen-bond donors (Lipinski definition) is 1. The maximum absolute atomic E-state index is 13.3. The first-order chi connectivity index (χ1) is 19.0. The van der Waals surface area contributed by atoms with Crippen LogP contribution in [-0.2, 0) is 20.9 Å². The Morgan fingerprint density at radius 1 is 1.03 bits per heavy atom. The highest BCUT2D eigenvalue weighted by atomic mass is 16.5. The first kappa shape index (κ1) is 26.6. The van der Waals surface area contributed by atoms with E-state index in [2.05, 4.69) is 9.88 Å². The molecule has 3 heterocycles. The number of amides is 1. The van der Waals surface area contributed by atoms with Crippen LogP contribution >= 0.6 is 0 Å². The molecule has 1 atom stereocenters. The molecule has 2 aliphatic heterocycles. The molecule has 0 saturated carbocycles. The van der Waals surface area contributed by atoms with Crippen LogP contribution in [0.4, 0.5) is 0 Å². The number of carbonyl (C=O) groups is 2. The summed E-state index contributed by atoms with van der Waals surface area (Å²) in [6, 6.07) is 18.0. The molecule has 2 aromatic carbocycles. The SMILES string of the molecule is Cc1cc(/C(O)=C2/C(=O)C(=O)N(CCCN3CCOCC3)[C@H]2c2ccncc2)ccc1OCc1ccccc1. The summed E-state index contributed by atoms with van der Waals surface area (Å²) in [5.74, 6) is -0.782. The van der Waals surface area contributed by atoms with Crippen molar-refractivity contribution in [3.8, 4) is 5.75 Å². The van der Waals surface area contributed by atoms with Crippen LogP contribution in [0.15, 0.2) is 78.6 Å². The van der Waals surface area contributed by atoms with Crippen molar-refractivity contribution in [2.75, 3.05) is 39.4 Å². The number of likely N-dealkylation sites (tertiary alicyclic amines) is 1. The Labute approximate surface area is 228 Å². The molecule has 39 heavy (non-hydrogen) atoms. The lowest BCUT2D eigenvalue weighted by Gasteiger charge is -2.29. The Balaban J connectivity index is 1.40. The summed E-state index contributed by atoms with van der Waals surface area (Å²) in [4.78, 5) is 34.5. The van der Waals surface area contributed by atoms with Crippen molar-refractivity contribution in [2.45, 2.75) is 26.0 Å². The Hall–Kier alpha value is -4.01. The van der Waals surface area contributed by atoms with Gasteiger partial charge in [-0.05, 0) is 60.4 Å². The number of ketones is 1. The summed E-state index contributed by atoms with van der Waals surface area (Å²) in [6.45, 7) is 6.64. The lowest BCUT2D eigenvalue weighted by molar-refractivity contribution is -0.140. The standard InChI is InChI=1S/C31H33N3O5/c1-22-20-25(8-9-26(22)39-21-23-6-3-2-4-7-23)29(35)27-28(24-10-12-32-13-11-24)34(31(37)30(27)36)15-5-14-33-16-18-38-19-17-33/h2-4,6-13,20,28,35H,5,14-19,21H2,1H3/b29-27-/t28-/m0/s1. The van der Waals surface area contributed by atoms with Gasteiger partial charge in [0.2, 0.25) is 0 Å². The molecular formula is C31H33N3O5. The van der Waals surface area contributed by atoms with Crippen LogP contribution in [0.5, 0.6) is 5.75 Å². The van der Waals surface area contributed by atoms with Crippen molar-refractivity contribution in [3.05, 3.63) is 101 Å². The Kier molecular flexibility index (Phi) is 8.34. The third kappa shape index (κ3) is 6.02. The van der Waals surface area contributed by atoms with E-state index < -0.39 is 17.7 Å². The molecule has 2 saturated heterocycles. The number of carbonyl (C=O) groups excluding carboxylic acids is 2. The van der Waals surface area contributed by atoms with E-state index in [-0.39, 0.29) is 11.3 Å². The number of aliphatic hydroxyl groups is 1. The minimum absolute atomic E-state index is 0.0925. The van der Waals surface area contributed by atoms with Crippen molar-refractivity contribution in [3.63, 3.8) is 0 Å². The van der Waals surface area contributed by atoms with Gasteiger partial charge in [0.1, 0.15) is 18.1 Å². The molecule has 0 radical (unpaired) electrons. The zero-order valence-electron chi connectivity index (χ0n) is 22.1. The van der Waals surface area contributed by atoms with Gasteiger partial charge >= 0.3 is 0 Å². The summed E-state index contributed by atoms with van der Waals surface area (Å²) in [6.07, 6.45) is 3.97. The van der Waals surface area contributed by atoms with Crippen LogP contribution in [0.25, 0.3) is 5.76 Å². The monoisotopic (exact) mass is 527 g/mol. The highest BCUT2D eigenvalue weighted by molar-refractivity contribution is 6.46. The van der Waals surface area contributed by atoms with Crippen molar-refractivity contribution < 1.29 is 24.2 Å². The molecule has 0 aliphatic carbocycles. The summed E-state index contributed by atoms with van der Waals surface area (Å²) >= 11 is 0. The van der Waals surface area contributed by atoms with Crippen LogP contribution in [0.2, 0.25) is 0 Å². The molecule has 1 N–H and O–H groups in total. The van der Waals surface area contributed by atoms with Crippen molar-refractivity contribution >= 4 is 17.4 Å². The molecular weight excluding hydrogens is 494 g/mol.